The molecule has 1 aromatic heterocycles. The first-order valence-corrected chi connectivity index (χ1v) is 7.97. The number of rotatable bonds is 7. The second-order valence-corrected chi connectivity index (χ2v) is 6.21. The van der Waals surface area contributed by atoms with Crippen LogP contribution in [-0.4, -0.2) is 42.0 Å². The van der Waals surface area contributed by atoms with Crippen LogP contribution in [0.5, 0.6) is 0 Å². The molecule has 0 amide bonds. The van der Waals surface area contributed by atoms with Crippen LogP contribution in [0, 0.1) is 0 Å². The molecule has 0 spiro atoms. The molecule has 0 fully saturated rings. The number of nitrogens with one attached hydrogen (secondary N) is 2. The fourth-order valence-electron chi connectivity index (χ4n) is 2.09. The summed E-state index contributed by atoms with van der Waals surface area (Å²) in [6, 6.07) is 9.45. The van der Waals surface area contributed by atoms with Gasteiger partial charge in [0, 0.05) is 11.2 Å². The zero-order chi connectivity index (χ0) is 14.6. The Balaban J connectivity index is 1.97. The molecule has 4 N–H and O–H groups in total. The van der Waals surface area contributed by atoms with Gasteiger partial charge in [-0.1, -0.05) is 18.2 Å². The first kappa shape index (κ1) is 15.0. The quantitative estimate of drug-likeness (QED) is 0.452. The van der Waals surface area contributed by atoms with Crippen LogP contribution < -0.4 is 5.32 Å². The second kappa shape index (κ2) is 6.36. The van der Waals surface area contributed by atoms with Gasteiger partial charge in [-0.05, 0) is 30.5 Å². The summed E-state index contributed by atoms with van der Waals surface area (Å²) in [5.41, 5.74) is 1.83. The van der Waals surface area contributed by atoms with Crippen LogP contribution in [0.2, 0.25) is 0 Å². The molecule has 20 heavy (non-hydrogen) atoms. The lowest BCUT2D eigenvalue weighted by atomic mass is 10.2. The van der Waals surface area contributed by atoms with Gasteiger partial charge in [0.1, 0.15) is 0 Å². The first-order chi connectivity index (χ1) is 9.49. The molecule has 0 aliphatic heterocycles. The highest BCUT2D eigenvalue weighted by atomic mass is 32.2. The van der Waals surface area contributed by atoms with Gasteiger partial charge in [-0.15, -0.1) is 0 Å². The molecule has 2 rings (SSSR count). The monoisotopic (exact) mass is 298 g/mol. The van der Waals surface area contributed by atoms with Crippen molar-refractivity contribution >= 4 is 21.0 Å². The molecule has 1 aromatic carbocycles. The van der Waals surface area contributed by atoms with Gasteiger partial charge >= 0.3 is 0 Å². The number of hydrogen-bond acceptors (Lipinski definition) is 4. The van der Waals surface area contributed by atoms with E-state index >= 15 is 0 Å². The molecule has 110 valence electrons. The predicted octanol–water partition coefficient (Wildman–Crippen LogP) is 1.07. The summed E-state index contributed by atoms with van der Waals surface area (Å²) in [5, 5.41) is 13.5. The Morgan fingerprint density at radius 1 is 1.30 bits per heavy atom. The van der Waals surface area contributed by atoms with Crippen molar-refractivity contribution in [3.8, 4) is 0 Å². The minimum Gasteiger partial charge on any atom is -0.394 e. The molecule has 0 bridgehead atoms. The SMILES string of the molecule is O=S(=O)(O)CCCNC(CO)c1cc2ccccc2[nH]1. The van der Waals surface area contributed by atoms with E-state index in [1.165, 1.54) is 0 Å². The van der Waals surface area contributed by atoms with Crippen LogP contribution in [0.25, 0.3) is 10.9 Å². The zero-order valence-corrected chi connectivity index (χ0v) is 11.7. The third-order valence-electron chi connectivity index (χ3n) is 3.08. The number of para-hydroxylation sites is 1. The van der Waals surface area contributed by atoms with Gasteiger partial charge in [0.15, 0.2) is 0 Å². The van der Waals surface area contributed by atoms with Gasteiger partial charge in [0.2, 0.25) is 0 Å². The van der Waals surface area contributed by atoms with E-state index in [0.717, 1.165) is 16.6 Å². The van der Waals surface area contributed by atoms with E-state index in [2.05, 4.69) is 10.3 Å². The number of aromatic amines is 1. The highest BCUT2D eigenvalue weighted by Gasteiger charge is 2.13. The number of H-pyrrole nitrogens is 1. The summed E-state index contributed by atoms with van der Waals surface area (Å²) in [6.45, 7) is 0.291. The minimum atomic E-state index is -3.92. The topological polar surface area (TPSA) is 102 Å². The van der Waals surface area contributed by atoms with E-state index in [1.54, 1.807) is 0 Å². The van der Waals surface area contributed by atoms with Crippen LogP contribution in [0.3, 0.4) is 0 Å². The number of benzene rings is 1. The molecule has 1 atom stereocenters. The Morgan fingerprint density at radius 2 is 2.05 bits per heavy atom. The van der Waals surface area contributed by atoms with E-state index in [1.807, 2.05) is 30.3 Å². The molecule has 0 saturated carbocycles. The molecule has 0 radical (unpaired) electrons. The van der Waals surface area contributed by atoms with Crippen LogP contribution in [0.15, 0.2) is 30.3 Å². The number of aliphatic hydroxyl groups excluding tert-OH is 1. The van der Waals surface area contributed by atoms with Crippen LogP contribution >= 0.6 is 0 Å². The van der Waals surface area contributed by atoms with Gasteiger partial charge in [-0.3, -0.25) is 4.55 Å². The third-order valence-corrected chi connectivity index (χ3v) is 3.88. The predicted molar refractivity (Wildman–Crippen MR) is 77.2 cm³/mol. The molecule has 2 aromatic rings. The van der Waals surface area contributed by atoms with Crippen LogP contribution in [-0.2, 0) is 10.1 Å². The van der Waals surface area contributed by atoms with Gasteiger partial charge in [-0.2, -0.15) is 8.42 Å². The Bertz CT molecular complexity index is 633. The molecular formula is C13H18N2O4S. The maximum Gasteiger partial charge on any atom is 0.264 e. The Hall–Kier alpha value is -1.41. The standard InChI is InChI=1S/C13H18N2O4S/c16-9-13(14-6-3-7-20(17,18)19)12-8-10-4-1-2-5-11(10)15-12/h1-2,4-5,8,13-16H,3,6-7,9H2,(H,17,18,19). The minimum absolute atomic E-state index is 0.0985. The Kier molecular flexibility index (Phi) is 4.77. The molecule has 0 aliphatic rings. The molecule has 6 nitrogen and oxygen atoms in total. The van der Waals surface area contributed by atoms with Gasteiger partial charge in [0.05, 0.1) is 18.4 Å². The molecule has 1 heterocycles. The van der Waals surface area contributed by atoms with Crippen molar-refractivity contribution in [1.29, 1.82) is 0 Å². The van der Waals surface area contributed by atoms with Crippen molar-refractivity contribution in [2.75, 3.05) is 18.9 Å². The number of hydrogen-bond donors (Lipinski definition) is 4. The third kappa shape index (κ3) is 4.04. The molecule has 0 saturated heterocycles. The molecule has 1 unspecified atom stereocenters. The van der Waals surface area contributed by atoms with E-state index in [9.17, 15) is 13.5 Å². The van der Waals surface area contributed by atoms with Crippen LogP contribution in [0.4, 0.5) is 0 Å². The second-order valence-electron chi connectivity index (χ2n) is 4.64. The summed E-state index contributed by atoms with van der Waals surface area (Å²) < 4.78 is 29.9. The van der Waals surface area contributed by atoms with Crippen molar-refractivity contribution in [2.45, 2.75) is 12.5 Å². The lowest BCUT2D eigenvalue weighted by Gasteiger charge is -2.14. The summed E-state index contributed by atoms with van der Waals surface area (Å²) in [6.07, 6.45) is 0.287. The van der Waals surface area contributed by atoms with Gasteiger partial charge < -0.3 is 15.4 Å². The highest BCUT2D eigenvalue weighted by molar-refractivity contribution is 7.85. The van der Waals surface area contributed by atoms with Gasteiger partial charge in [-0.25, -0.2) is 0 Å². The van der Waals surface area contributed by atoms with E-state index in [0.29, 0.717) is 6.54 Å². The van der Waals surface area contributed by atoms with Crippen molar-refractivity contribution in [3.05, 3.63) is 36.0 Å². The average molecular weight is 298 g/mol. The van der Waals surface area contributed by atoms with Crippen molar-refractivity contribution in [1.82, 2.24) is 10.3 Å². The summed E-state index contributed by atoms with van der Waals surface area (Å²) >= 11 is 0. The van der Waals surface area contributed by atoms with Crippen molar-refractivity contribution in [3.63, 3.8) is 0 Å². The first-order valence-electron chi connectivity index (χ1n) is 6.36. The smallest absolute Gasteiger partial charge is 0.264 e. The maximum absolute atomic E-state index is 10.6. The molecule has 0 aliphatic carbocycles. The zero-order valence-electron chi connectivity index (χ0n) is 10.9. The van der Waals surface area contributed by atoms with E-state index in [4.69, 9.17) is 4.55 Å². The van der Waals surface area contributed by atoms with Crippen molar-refractivity contribution < 1.29 is 18.1 Å². The molecule has 7 heteroatoms. The summed E-state index contributed by atoms with van der Waals surface area (Å²) in [7, 11) is -3.92. The average Bonchev–Trinajstić information content (AvgIpc) is 2.81. The number of aromatic nitrogens is 1. The fourth-order valence-corrected chi connectivity index (χ4v) is 2.60. The molecular weight excluding hydrogens is 280 g/mol. The maximum atomic E-state index is 10.6. The van der Waals surface area contributed by atoms with E-state index < -0.39 is 10.1 Å². The number of aliphatic hydroxyl groups is 1. The van der Waals surface area contributed by atoms with Gasteiger partial charge in [0.25, 0.3) is 10.1 Å². The Labute approximate surface area is 117 Å². The lowest BCUT2D eigenvalue weighted by molar-refractivity contribution is 0.243. The normalized spacial score (nSPS) is 13.7. The Morgan fingerprint density at radius 3 is 2.70 bits per heavy atom. The highest BCUT2D eigenvalue weighted by Crippen LogP contribution is 2.19. The number of fused-ring (bicyclic) bond motifs is 1. The lowest BCUT2D eigenvalue weighted by Crippen LogP contribution is -2.26. The van der Waals surface area contributed by atoms with E-state index in [-0.39, 0.29) is 24.8 Å². The summed E-state index contributed by atoms with van der Waals surface area (Å²) in [4.78, 5) is 3.21. The van der Waals surface area contributed by atoms with Crippen LogP contribution in [0.1, 0.15) is 18.2 Å². The fraction of sp³-hybridized carbons (Fsp3) is 0.385. The largest absolute Gasteiger partial charge is 0.394 e. The summed E-state index contributed by atoms with van der Waals surface area (Å²) in [5.74, 6) is -0.287. The van der Waals surface area contributed by atoms with Crippen molar-refractivity contribution in [2.24, 2.45) is 0 Å².